The van der Waals surface area contributed by atoms with Gasteiger partial charge < -0.3 is 4.90 Å². The molecule has 1 saturated heterocycles. The van der Waals surface area contributed by atoms with Gasteiger partial charge in [-0.25, -0.2) is 4.79 Å². The molecular formula is C16H23N5O3. The standard InChI is InChI=1S/C16H23N5O3/c1-10(11(2)22)21-12-13(18(3)16(24)19(4)14(12)23)17-15(21)20-8-6-5-7-9-20/h10H,5-9H2,1-4H3/t10-/m1/s1. The molecule has 1 aliphatic rings. The number of piperidine rings is 1. The van der Waals surface area contributed by atoms with Gasteiger partial charge in [0.15, 0.2) is 16.9 Å². The van der Waals surface area contributed by atoms with Crippen LogP contribution in [0.1, 0.15) is 39.2 Å². The van der Waals surface area contributed by atoms with Crippen molar-refractivity contribution < 1.29 is 4.79 Å². The molecule has 1 aliphatic heterocycles. The number of ketones is 1. The molecule has 130 valence electrons. The van der Waals surface area contributed by atoms with E-state index in [4.69, 9.17) is 0 Å². The van der Waals surface area contributed by atoms with Crippen LogP contribution in [-0.4, -0.2) is 37.6 Å². The Balaban J connectivity index is 2.39. The minimum Gasteiger partial charge on any atom is -0.342 e. The third-order valence-electron chi connectivity index (χ3n) is 4.89. The second kappa shape index (κ2) is 5.92. The van der Waals surface area contributed by atoms with E-state index in [1.54, 1.807) is 18.5 Å². The minimum atomic E-state index is -0.517. The molecule has 3 rings (SSSR count). The second-order valence-electron chi connectivity index (χ2n) is 6.49. The fourth-order valence-electron chi connectivity index (χ4n) is 3.27. The van der Waals surface area contributed by atoms with E-state index in [1.807, 2.05) is 0 Å². The first-order valence-corrected chi connectivity index (χ1v) is 8.28. The minimum absolute atomic E-state index is 0.0523. The third-order valence-corrected chi connectivity index (χ3v) is 4.89. The average molecular weight is 333 g/mol. The zero-order chi connectivity index (χ0) is 17.6. The molecule has 1 fully saturated rings. The van der Waals surface area contributed by atoms with Gasteiger partial charge in [-0.15, -0.1) is 0 Å². The van der Waals surface area contributed by atoms with Gasteiger partial charge in [-0.2, -0.15) is 4.98 Å². The first kappa shape index (κ1) is 16.5. The van der Waals surface area contributed by atoms with Gasteiger partial charge >= 0.3 is 5.69 Å². The van der Waals surface area contributed by atoms with Crippen LogP contribution >= 0.6 is 0 Å². The number of carbonyl (C=O) groups is 1. The predicted molar refractivity (Wildman–Crippen MR) is 91.7 cm³/mol. The van der Waals surface area contributed by atoms with Crippen molar-refractivity contribution in [2.45, 2.75) is 39.2 Å². The zero-order valence-corrected chi connectivity index (χ0v) is 14.6. The summed E-state index contributed by atoms with van der Waals surface area (Å²) >= 11 is 0. The lowest BCUT2D eigenvalue weighted by molar-refractivity contribution is -0.119. The molecule has 2 aromatic heterocycles. The number of anilines is 1. The highest BCUT2D eigenvalue weighted by atomic mass is 16.2. The maximum absolute atomic E-state index is 12.7. The highest BCUT2D eigenvalue weighted by molar-refractivity contribution is 5.84. The Morgan fingerprint density at radius 2 is 1.71 bits per heavy atom. The largest absolute Gasteiger partial charge is 0.342 e. The van der Waals surface area contributed by atoms with Crippen molar-refractivity contribution in [3.8, 4) is 0 Å². The normalized spacial score (nSPS) is 16.6. The molecule has 0 amide bonds. The molecule has 0 aliphatic carbocycles. The van der Waals surface area contributed by atoms with Gasteiger partial charge in [0.25, 0.3) is 5.56 Å². The molecular weight excluding hydrogens is 310 g/mol. The summed E-state index contributed by atoms with van der Waals surface area (Å²) in [5, 5.41) is 0. The molecule has 0 saturated carbocycles. The van der Waals surface area contributed by atoms with Gasteiger partial charge in [0.05, 0.1) is 6.04 Å². The lowest BCUT2D eigenvalue weighted by Gasteiger charge is -2.29. The summed E-state index contributed by atoms with van der Waals surface area (Å²) in [5.74, 6) is 0.550. The van der Waals surface area contributed by atoms with Crippen LogP contribution in [0.25, 0.3) is 11.2 Å². The number of Topliss-reactive ketones (excluding diaryl/α,β-unsaturated/α-hetero) is 1. The molecule has 0 N–H and O–H groups in total. The van der Waals surface area contributed by atoms with Crippen LogP contribution in [-0.2, 0) is 18.9 Å². The topological polar surface area (TPSA) is 82.1 Å². The Morgan fingerprint density at radius 3 is 2.29 bits per heavy atom. The number of hydrogen-bond acceptors (Lipinski definition) is 5. The van der Waals surface area contributed by atoms with Crippen LogP contribution in [0.15, 0.2) is 9.59 Å². The van der Waals surface area contributed by atoms with Crippen molar-refractivity contribution in [2.24, 2.45) is 14.1 Å². The summed E-state index contributed by atoms with van der Waals surface area (Å²) < 4.78 is 4.13. The fraction of sp³-hybridized carbons (Fsp3) is 0.625. The van der Waals surface area contributed by atoms with Crippen LogP contribution in [0.5, 0.6) is 0 Å². The number of hydrogen-bond donors (Lipinski definition) is 0. The van der Waals surface area contributed by atoms with Crippen LogP contribution < -0.4 is 16.1 Å². The third kappa shape index (κ3) is 2.37. The van der Waals surface area contributed by atoms with Gasteiger partial charge in [-0.05, 0) is 33.1 Å². The lowest BCUT2D eigenvalue weighted by Crippen LogP contribution is -2.38. The summed E-state index contributed by atoms with van der Waals surface area (Å²) in [6, 6.07) is -0.517. The van der Waals surface area contributed by atoms with Crippen molar-refractivity contribution in [1.82, 2.24) is 18.7 Å². The first-order valence-electron chi connectivity index (χ1n) is 8.28. The van der Waals surface area contributed by atoms with E-state index in [1.165, 1.54) is 25.0 Å². The van der Waals surface area contributed by atoms with Crippen molar-refractivity contribution in [2.75, 3.05) is 18.0 Å². The van der Waals surface area contributed by atoms with E-state index in [0.29, 0.717) is 17.1 Å². The van der Waals surface area contributed by atoms with Crippen molar-refractivity contribution in [3.63, 3.8) is 0 Å². The molecule has 3 heterocycles. The van der Waals surface area contributed by atoms with E-state index < -0.39 is 17.3 Å². The monoisotopic (exact) mass is 333 g/mol. The number of nitrogens with zero attached hydrogens (tertiary/aromatic N) is 5. The molecule has 24 heavy (non-hydrogen) atoms. The van der Waals surface area contributed by atoms with Crippen molar-refractivity contribution in [3.05, 3.63) is 20.8 Å². The molecule has 2 aromatic rings. The number of fused-ring (bicyclic) bond motifs is 1. The predicted octanol–water partition coefficient (Wildman–Crippen LogP) is 0.574. The molecule has 0 aromatic carbocycles. The highest BCUT2D eigenvalue weighted by Crippen LogP contribution is 2.27. The summed E-state index contributed by atoms with van der Waals surface area (Å²) in [6.07, 6.45) is 3.27. The van der Waals surface area contributed by atoms with Crippen LogP contribution in [0.2, 0.25) is 0 Å². The number of rotatable bonds is 3. The van der Waals surface area contributed by atoms with Crippen LogP contribution in [0.3, 0.4) is 0 Å². The Hall–Kier alpha value is -2.38. The Labute approximate surface area is 139 Å². The zero-order valence-electron chi connectivity index (χ0n) is 14.6. The van der Waals surface area contributed by atoms with Gasteiger partial charge in [-0.1, -0.05) is 0 Å². The van der Waals surface area contributed by atoms with E-state index in [-0.39, 0.29) is 5.78 Å². The first-order chi connectivity index (χ1) is 11.3. The summed E-state index contributed by atoms with van der Waals surface area (Å²) in [5.41, 5.74) is -0.200. The molecule has 0 bridgehead atoms. The molecule has 0 radical (unpaired) electrons. The van der Waals surface area contributed by atoms with Gasteiger partial charge in [-0.3, -0.25) is 23.3 Å². The Bertz CT molecular complexity index is 914. The molecule has 0 spiro atoms. The highest BCUT2D eigenvalue weighted by Gasteiger charge is 2.27. The van der Waals surface area contributed by atoms with Crippen molar-refractivity contribution in [1.29, 1.82) is 0 Å². The Morgan fingerprint density at radius 1 is 1.08 bits per heavy atom. The average Bonchev–Trinajstić information content (AvgIpc) is 2.98. The molecule has 0 unspecified atom stereocenters. The van der Waals surface area contributed by atoms with Crippen molar-refractivity contribution >= 4 is 22.9 Å². The molecule has 8 nitrogen and oxygen atoms in total. The van der Waals surface area contributed by atoms with Gasteiger partial charge in [0, 0.05) is 27.2 Å². The quantitative estimate of drug-likeness (QED) is 0.820. The van der Waals surface area contributed by atoms with Gasteiger partial charge in [0.1, 0.15) is 0 Å². The second-order valence-corrected chi connectivity index (χ2v) is 6.49. The number of imidazole rings is 1. The Kier molecular flexibility index (Phi) is 4.06. The summed E-state index contributed by atoms with van der Waals surface area (Å²) in [7, 11) is 3.04. The lowest BCUT2D eigenvalue weighted by atomic mass is 10.1. The number of carbonyl (C=O) groups excluding carboxylic acids is 1. The summed E-state index contributed by atoms with van der Waals surface area (Å²) in [6.45, 7) is 4.94. The SMILES string of the molecule is CC(=O)[C@@H](C)n1c(N2CCCCC2)nc2c1c(=O)n(C)c(=O)n2C. The van der Waals surface area contributed by atoms with Gasteiger partial charge in [0.2, 0.25) is 5.95 Å². The number of aromatic nitrogens is 4. The smallest absolute Gasteiger partial charge is 0.332 e. The van der Waals surface area contributed by atoms with E-state index in [9.17, 15) is 14.4 Å². The fourth-order valence-corrected chi connectivity index (χ4v) is 3.27. The van der Waals surface area contributed by atoms with E-state index >= 15 is 0 Å². The van der Waals surface area contributed by atoms with E-state index in [0.717, 1.165) is 30.5 Å². The maximum Gasteiger partial charge on any atom is 0.332 e. The van der Waals surface area contributed by atoms with Crippen LogP contribution in [0, 0.1) is 0 Å². The number of aryl methyl sites for hydroxylation is 1. The maximum atomic E-state index is 12.7. The molecule has 1 atom stereocenters. The van der Waals surface area contributed by atoms with Crippen LogP contribution in [0.4, 0.5) is 5.95 Å². The molecule has 8 heteroatoms. The summed E-state index contributed by atoms with van der Waals surface area (Å²) in [4.78, 5) is 43.6. The van der Waals surface area contributed by atoms with E-state index in [2.05, 4.69) is 9.88 Å².